The maximum absolute atomic E-state index is 13.7. The van der Waals surface area contributed by atoms with Crippen molar-refractivity contribution in [2.75, 3.05) is 13.2 Å². The first-order chi connectivity index (χ1) is 17.2. The number of rotatable bonds is 4. The lowest BCUT2D eigenvalue weighted by atomic mass is 9.45. The molecule has 1 aliphatic heterocycles. The molecule has 36 heavy (non-hydrogen) atoms. The van der Waals surface area contributed by atoms with Gasteiger partial charge in [-0.1, -0.05) is 50.6 Å². The molecular weight excluding hydrogens is 470 g/mol. The van der Waals surface area contributed by atoms with Gasteiger partial charge in [-0.3, -0.25) is 4.79 Å². The van der Waals surface area contributed by atoms with Crippen LogP contribution in [0.3, 0.4) is 0 Å². The Balaban J connectivity index is 1.37. The van der Waals surface area contributed by atoms with Gasteiger partial charge in [-0.25, -0.2) is 4.68 Å². The number of aryl methyl sites for hydroxylation is 1. The van der Waals surface area contributed by atoms with Crippen LogP contribution in [0.15, 0.2) is 35.4 Å². The van der Waals surface area contributed by atoms with Crippen molar-refractivity contribution in [2.24, 2.45) is 29.1 Å². The van der Waals surface area contributed by atoms with Gasteiger partial charge in [-0.15, -0.1) is 0 Å². The molecule has 4 unspecified atom stereocenters. The number of allylic oxidation sites excluding steroid dienone is 4. The van der Waals surface area contributed by atoms with Crippen LogP contribution in [0, 0.1) is 36.0 Å². The van der Waals surface area contributed by atoms with Crippen molar-refractivity contribution in [1.29, 1.82) is 0 Å². The molecule has 2 bridgehead atoms. The molecule has 3 fully saturated rings. The SMILES string of the molecule is Cc1ccc2c(c1)OCCc1c(C(=O)NCC3CCC4CC3C4(C)C)nn(C3=CCC(C)C=C3Cl)c1-2. The van der Waals surface area contributed by atoms with Gasteiger partial charge in [0.25, 0.3) is 5.91 Å². The van der Waals surface area contributed by atoms with Gasteiger partial charge in [0.1, 0.15) is 5.75 Å². The van der Waals surface area contributed by atoms with Crippen LogP contribution in [-0.4, -0.2) is 28.8 Å². The fourth-order valence-electron chi connectivity index (χ4n) is 7.03. The van der Waals surface area contributed by atoms with Crippen molar-refractivity contribution in [1.82, 2.24) is 15.1 Å². The van der Waals surface area contributed by atoms with E-state index in [2.05, 4.69) is 63.4 Å². The van der Waals surface area contributed by atoms with Crippen LogP contribution < -0.4 is 10.1 Å². The number of hydrogen-bond acceptors (Lipinski definition) is 3. The highest BCUT2D eigenvalue weighted by Gasteiger charge is 2.54. The molecule has 0 saturated heterocycles. The number of aromatic nitrogens is 2. The molecule has 1 amide bonds. The van der Waals surface area contributed by atoms with Gasteiger partial charge >= 0.3 is 0 Å². The predicted molar refractivity (Wildman–Crippen MR) is 144 cm³/mol. The van der Waals surface area contributed by atoms with Gasteiger partial charge in [0.05, 0.1) is 23.0 Å². The minimum absolute atomic E-state index is 0.0929. The van der Waals surface area contributed by atoms with Gasteiger partial charge in [0.2, 0.25) is 0 Å². The van der Waals surface area contributed by atoms with Gasteiger partial charge in [-0.2, -0.15) is 5.10 Å². The van der Waals surface area contributed by atoms with Crippen molar-refractivity contribution < 1.29 is 9.53 Å². The Kier molecular flexibility index (Phi) is 5.82. The second-order valence-corrected chi connectivity index (χ2v) is 12.3. The smallest absolute Gasteiger partial charge is 0.272 e. The summed E-state index contributed by atoms with van der Waals surface area (Å²) in [6.07, 6.45) is 9.51. The number of ether oxygens (including phenoxy) is 1. The number of nitrogens with one attached hydrogen (secondary N) is 1. The van der Waals surface area contributed by atoms with E-state index < -0.39 is 0 Å². The molecule has 5 aliphatic rings. The molecule has 0 spiro atoms. The molecule has 1 aromatic carbocycles. The Morgan fingerprint density at radius 3 is 2.89 bits per heavy atom. The molecule has 1 aromatic heterocycles. The van der Waals surface area contributed by atoms with Gasteiger partial charge in [-0.05, 0) is 79.4 Å². The topological polar surface area (TPSA) is 56.1 Å². The van der Waals surface area contributed by atoms with Crippen molar-refractivity contribution in [3.8, 4) is 17.0 Å². The van der Waals surface area contributed by atoms with Crippen LogP contribution in [0.25, 0.3) is 17.0 Å². The van der Waals surface area contributed by atoms with Crippen LogP contribution in [0.4, 0.5) is 0 Å². The summed E-state index contributed by atoms with van der Waals surface area (Å²) in [7, 11) is 0. The van der Waals surface area contributed by atoms with Crippen LogP contribution >= 0.6 is 11.6 Å². The molecule has 3 saturated carbocycles. The molecule has 2 heterocycles. The number of carbonyl (C=O) groups is 1. The molecule has 4 atom stereocenters. The first-order valence-corrected chi connectivity index (χ1v) is 13.8. The summed E-state index contributed by atoms with van der Waals surface area (Å²) in [5.74, 6) is 3.21. The van der Waals surface area contributed by atoms with Crippen LogP contribution in [0.5, 0.6) is 5.75 Å². The van der Waals surface area contributed by atoms with E-state index in [9.17, 15) is 4.79 Å². The van der Waals surface area contributed by atoms with Crippen molar-refractivity contribution in [3.05, 3.63) is 52.2 Å². The third kappa shape index (κ3) is 3.82. The monoisotopic (exact) mass is 505 g/mol. The number of amides is 1. The number of fused-ring (bicyclic) bond motifs is 5. The highest BCUT2D eigenvalue weighted by Crippen LogP contribution is 2.61. The first-order valence-electron chi connectivity index (χ1n) is 13.5. The Morgan fingerprint density at radius 1 is 1.31 bits per heavy atom. The molecule has 4 aliphatic carbocycles. The summed E-state index contributed by atoms with van der Waals surface area (Å²) in [4.78, 5) is 13.7. The molecule has 6 heteroatoms. The Labute approximate surface area is 218 Å². The highest BCUT2D eigenvalue weighted by atomic mass is 35.5. The quantitative estimate of drug-likeness (QED) is 0.509. The van der Waals surface area contributed by atoms with E-state index >= 15 is 0 Å². The summed E-state index contributed by atoms with van der Waals surface area (Å²) < 4.78 is 8.04. The summed E-state index contributed by atoms with van der Waals surface area (Å²) in [5.41, 5.74) is 5.68. The average Bonchev–Trinajstić information content (AvgIpc) is 3.11. The van der Waals surface area contributed by atoms with E-state index in [-0.39, 0.29) is 5.91 Å². The van der Waals surface area contributed by atoms with E-state index in [1.54, 1.807) is 0 Å². The molecule has 190 valence electrons. The minimum atomic E-state index is -0.0929. The Morgan fingerprint density at radius 2 is 2.14 bits per heavy atom. The van der Waals surface area contributed by atoms with E-state index in [1.165, 1.54) is 19.3 Å². The lowest BCUT2D eigenvalue weighted by Gasteiger charge is -2.60. The molecule has 0 radical (unpaired) electrons. The number of benzene rings is 1. The van der Waals surface area contributed by atoms with Crippen LogP contribution in [-0.2, 0) is 6.42 Å². The average molecular weight is 506 g/mol. The summed E-state index contributed by atoms with van der Waals surface area (Å²) in [6, 6.07) is 6.22. The Hall–Kier alpha value is -2.53. The fraction of sp³-hybridized carbons (Fsp3) is 0.533. The summed E-state index contributed by atoms with van der Waals surface area (Å²) in [5, 5.41) is 8.88. The zero-order valence-electron chi connectivity index (χ0n) is 21.7. The molecular formula is C30H36ClN3O2. The Bertz CT molecular complexity index is 1290. The van der Waals surface area contributed by atoms with Gasteiger partial charge in [0, 0.05) is 24.1 Å². The number of halogens is 1. The predicted octanol–water partition coefficient (Wildman–Crippen LogP) is 6.60. The largest absolute Gasteiger partial charge is 0.493 e. The molecule has 1 N–H and O–H groups in total. The molecule has 2 aromatic rings. The van der Waals surface area contributed by atoms with Crippen molar-refractivity contribution in [3.63, 3.8) is 0 Å². The number of nitrogens with zero attached hydrogens (tertiary/aromatic N) is 2. The molecule has 5 nitrogen and oxygen atoms in total. The first kappa shape index (κ1) is 23.8. The van der Waals surface area contributed by atoms with Crippen molar-refractivity contribution in [2.45, 2.75) is 59.8 Å². The van der Waals surface area contributed by atoms with Gasteiger partial charge < -0.3 is 10.1 Å². The number of carbonyl (C=O) groups excluding carboxylic acids is 1. The summed E-state index contributed by atoms with van der Waals surface area (Å²) in [6.45, 7) is 10.2. The number of hydrogen-bond donors (Lipinski definition) is 1. The van der Waals surface area contributed by atoms with Crippen LogP contribution in [0.2, 0.25) is 0 Å². The normalized spacial score (nSPS) is 27.9. The maximum atomic E-state index is 13.7. The van der Waals surface area contributed by atoms with E-state index in [4.69, 9.17) is 21.4 Å². The minimum Gasteiger partial charge on any atom is -0.493 e. The second kappa shape index (κ2) is 8.79. The van der Waals surface area contributed by atoms with E-state index in [0.29, 0.717) is 53.5 Å². The van der Waals surface area contributed by atoms with Crippen LogP contribution in [0.1, 0.15) is 68.1 Å². The second-order valence-electron chi connectivity index (χ2n) is 11.9. The zero-order valence-corrected chi connectivity index (χ0v) is 22.5. The fourth-order valence-corrected chi connectivity index (χ4v) is 7.40. The maximum Gasteiger partial charge on any atom is 0.272 e. The standard InChI is InChI=1S/C30H36ClN3O2/c1-17-6-10-25(24(31)13-17)34-28-21-9-5-18(2)14-26(21)36-12-11-22(28)27(33-34)29(35)32-16-19-7-8-20-15-23(19)30(20,3)4/h5,9-10,13-14,17,19-20,23H,6-8,11-12,15-16H2,1-4H3,(H,32,35). The van der Waals surface area contributed by atoms with Crippen molar-refractivity contribution >= 4 is 23.2 Å². The highest BCUT2D eigenvalue weighted by molar-refractivity contribution is 6.36. The lowest BCUT2D eigenvalue weighted by Crippen LogP contribution is -2.54. The van der Waals surface area contributed by atoms with E-state index in [0.717, 1.165) is 46.2 Å². The third-order valence-electron chi connectivity index (χ3n) is 9.31. The zero-order chi connectivity index (χ0) is 25.2. The van der Waals surface area contributed by atoms with E-state index in [1.807, 2.05) is 4.68 Å². The van der Waals surface area contributed by atoms with Gasteiger partial charge in [0.15, 0.2) is 5.69 Å². The summed E-state index contributed by atoms with van der Waals surface area (Å²) >= 11 is 6.75. The lowest BCUT2D eigenvalue weighted by molar-refractivity contribution is -0.103. The third-order valence-corrected chi connectivity index (χ3v) is 9.63. The molecule has 7 rings (SSSR count).